The lowest BCUT2D eigenvalue weighted by Gasteiger charge is -2.08. The van der Waals surface area contributed by atoms with Crippen molar-refractivity contribution in [2.45, 2.75) is 25.9 Å². The molecule has 0 aliphatic rings. The number of amides is 1. The van der Waals surface area contributed by atoms with Crippen molar-refractivity contribution in [2.24, 2.45) is 5.73 Å². The lowest BCUT2D eigenvalue weighted by molar-refractivity contribution is -0.145. The van der Waals surface area contributed by atoms with Gasteiger partial charge >= 0.3 is 5.97 Å². The first-order chi connectivity index (χ1) is 14.0. The number of carbonyl (C=O) groups is 2. The van der Waals surface area contributed by atoms with Crippen molar-refractivity contribution in [3.05, 3.63) is 70.3 Å². The molecule has 0 spiro atoms. The summed E-state index contributed by atoms with van der Waals surface area (Å²) in [6.07, 6.45) is 1.17. The Balaban J connectivity index is 1.46. The number of nitrogens with zero attached hydrogens (tertiary/aromatic N) is 1. The molecule has 2 aromatic carbocycles. The van der Waals surface area contributed by atoms with E-state index in [4.69, 9.17) is 15.2 Å². The highest BCUT2D eigenvalue weighted by Gasteiger charge is 2.07. The average molecular weight is 395 g/mol. The molecule has 29 heavy (non-hydrogen) atoms. The molecule has 1 heterocycles. The van der Waals surface area contributed by atoms with Gasteiger partial charge in [0.2, 0.25) is 0 Å². The molecule has 1 aromatic heterocycles. The molecule has 0 unspecified atom stereocenters. The van der Waals surface area contributed by atoms with Crippen LogP contribution in [0.15, 0.2) is 53.3 Å². The fraction of sp³-hybridized carbons (Fsp3) is 0.238. The van der Waals surface area contributed by atoms with Crippen LogP contribution in [0.1, 0.15) is 24.2 Å². The minimum absolute atomic E-state index is 0.0949. The number of primary amides is 1. The zero-order valence-electron chi connectivity index (χ0n) is 15.7. The summed E-state index contributed by atoms with van der Waals surface area (Å²) < 4.78 is 10.5. The summed E-state index contributed by atoms with van der Waals surface area (Å²) in [5.41, 5.74) is 6.22. The first-order valence-electron chi connectivity index (χ1n) is 9.15. The average Bonchev–Trinajstić information content (AvgIpc) is 2.71. The number of nitrogens with one attached hydrogen (secondary N) is 1. The Morgan fingerprint density at radius 3 is 2.76 bits per heavy atom. The molecule has 0 bridgehead atoms. The predicted molar refractivity (Wildman–Crippen MR) is 106 cm³/mol. The topological polar surface area (TPSA) is 124 Å². The van der Waals surface area contributed by atoms with E-state index in [0.29, 0.717) is 35.3 Å². The number of aromatic amines is 1. The van der Waals surface area contributed by atoms with Gasteiger partial charge in [-0.25, -0.2) is 4.98 Å². The molecule has 1 amide bonds. The van der Waals surface area contributed by atoms with Crippen LogP contribution in [-0.2, 0) is 27.4 Å². The number of rotatable bonds is 9. The van der Waals surface area contributed by atoms with Gasteiger partial charge in [0.15, 0.2) is 6.61 Å². The smallest absolute Gasteiger partial charge is 0.306 e. The fourth-order valence-corrected chi connectivity index (χ4v) is 2.77. The van der Waals surface area contributed by atoms with Crippen LogP contribution in [0, 0.1) is 0 Å². The van der Waals surface area contributed by atoms with Crippen molar-refractivity contribution in [3.63, 3.8) is 0 Å². The third-order valence-corrected chi connectivity index (χ3v) is 4.14. The van der Waals surface area contributed by atoms with Crippen LogP contribution in [0.3, 0.4) is 0 Å². The molecule has 8 nitrogen and oxygen atoms in total. The number of hydrogen-bond acceptors (Lipinski definition) is 6. The van der Waals surface area contributed by atoms with Gasteiger partial charge in [-0.3, -0.25) is 14.4 Å². The Bertz CT molecular complexity index is 1080. The number of H-pyrrole nitrogens is 1. The molecule has 0 aliphatic carbocycles. The van der Waals surface area contributed by atoms with Crippen molar-refractivity contribution < 1.29 is 19.1 Å². The fourth-order valence-electron chi connectivity index (χ4n) is 2.77. The number of fused-ring (bicyclic) bond motifs is 1. The maximum absolute atomic E-state index is 12.0. The minimum Gasteiger partial charge on any atom is -0.484 e. The maximum Gasteiger partial charge on any atom is 0.306 e. The summed E-state index contributed by atoms with van der Waals surface area (Å²) in [6, 6.07) is 14.0. The van der Waals surface area contributed by atoms with Gasteiger partial charge in [0.25, 0.3) is 11.5 Å². The summed E-state index contributed by atoms with van der Waals surface area (Å²) >= 11 is 0. The minimum atomic E-state index is -0.566. The van der Waals surface area contributed by atoms with Crippen LogP contribution in [-0.4, -0.2) is 28.5 Å². The molecule has 0 atom stereocenters. The number of hydrogen-bond donors (Lipinski definition) is 2. The first kappa shape index (κ1) is 20.1. The van der Waals surface area contributed by atoms with Crippen LogP contribution < -0.4 is 16.0 Å². The summed E-state index contributed by atoms with van der Waals surface area (Å²) in [4.78, 5) is 41.9. The summed E-state index contributed by atoms with van der Waals surface area (Å²) in [5.74, 6) is 0.102. The zero-order chi connectivity index (χ0) is 20.6. The molecule has 3 N–H and O–H groups in total. The Hall–Kier alpha value is -3.68. The van der Waals surface area contributed by atoms with Gasteiger partial charge in [0.05, 0.1) is 10.9 Å². The van der Waals surface area contributed by atoms with Crippen molar-refractivity contribution >= 4 is 22.8 Å². The van der Waals surface area contributed by atoms with Gasteiger partial charge < -0.3 is 20.2 Å². The molecular weight excluding hydrogens is 374 g/mol. The van der Waals surface area contributed by atoms with E-state index in [0.717, 1.165) is 5.56 Å². The quantitative estimate of drug-likeness (QED) is 0.533. The molecule has 0 fully saturated rings. The largest absolute Gasteiger partial charge is 0.484 e. The maximum atomic E-state index is 12.0. The van der Waals surface area contributed by atoms with Crippen molar-refractivity contribution in [1.29, 1.82) is 0 Å². The number of aromatic nitrogens is 2. The second-order valence-corrected chi connectivity index (χ2v) is 6.45. The molecule has 0 saturated heterocycles. The summed E-state index contributed by atoms with van der Waals surface area (Å²) in [7, 11) is 0. The second-order valence-electron chi connectivity index (χ2n) is 6.45. The Kier molecular flexibility index (Phi) is 6.57. The van der Waals surface area contributed by atoms with Gasteiger partial charge in [-0.05, 0) is 36.2 Å². The van der Waals surface area contributed by atoms with Crippen LogP contribution in [0.2, 0.25) is 0 Å². The SMILES string of the molecule is NC(=O)COc1cccc(COC(=O)CCCc2nc3ccccc3c(=O)[nH]2)c1. The molecular formula is C21H21N3O5. The van der Waals surface area contributed by atoms with Crippen LogP contribution in [0.4, 0.5) is 0 Å². The summed E-state index contributed by atoms with van der Waals surface area (Å²) in [5, 5.41) is 0.540. The number of nitrogens with two attached hydrogens (primary N) is 1. The highest BCUT2D eigenvalue weighted by molar-refractivity contribution is 5.77. The first-order valence-corrected chi connectivity index (χ1v) is 9.15. The van der Waals surface area contributed by atoms with Crippen LogP contribution in [0.25, 0.3) is 10.9 Å². The second kappa shape index (κ2) is 9.50. The van der Waals surface area contributed by atoms with Crippen molar-refractivity contribution in [3.8, 4) is 5.75 Å². The number of benzene rings is 2. The molecule has 3 aromatic rings. The van der Waals surface area contributed by atoms with Crippen molar-refractivity contribution in [1.82, 2.24) is 9.97 Å². The monoisotopic (exact) mass is 395 g/mol. The van der Waals surface area contributed by atoms with E-state index in [-0.39, 0.29) is 31.2 Å². The van der Waals surface area contributed by atoms with E-state index in [2.05, 4.69) is 9.97 Å². The van der Waals surface area contributed by atoms with E-state index < -0.39 is 5.91 Å². The van der Waals surface area contributed by atoms with Crippen LogP contribution in [0.5, 0.6) is 5.75 Å². The van der Waals surface area contributed by atoms with E-state index in [9.17, 15) is 14.4 Å². The normalized spacial score (nSPS) is 10.6. The van der Waals surface area contributed by atoms with Gasteiger partial charge in [-0.1, -0.05) is 24.3 Å². The highest BCUT2D eigenvalue weighted by atomic mass is 16.5. The van der Waals surface area contributed by atoms with Crippen LogP contribution >= 0.6 is 0 Å². The number of carbonyl (C=O) groups excluding carboxylic acids is 2. The standard InChI is InChI=1S/C21H21N3O5/c22-18(25)13-28-15-6-3-5-14(11-15)12-29-20(26)10-4-9-19-23-17-8-2-1-7-16(17)21(27)24-19/h1-3,5-8,11H,4,9-10,12-13H2,(H2,22,25)(H,23,24,27). The van der Waals surface area contributed by atoms with Gasteiger partial charge in [0.1, 0.15) is 18.2 Å². The van der Waals surface area contributed by atoms with Crippen molar-refractivity contribution in [2.75, 3.05) is 6.61 Å². The molecule has 3 rings (SSSR count). The number of para-hydroxylation sites is 1. The highest BCUT2D eigenvalue weighted by Crippen LogP contribution is 2.14. The Morgan fingerprint density at radius 1 is 1.10 bits per heavy atom. The number of esters is 1. The molecule has 0 radical (unpaired) electrons. The third-order valence-electron chi connectivity index (χ3n) is 4.14. The van der Waals surface area contributed by atoms with E-state index >= 15 is 0 Å². The lowest BCUT2D eigenvalue weighted by Crippen LogP contribution is -2.20. The predicted octanol–water partition coefficient (Wildman–Crippen LogP) is 1.85. The van der Waals surface area contributed by atoms with E-state index in [1.54, 1.807) is 42.5 Å². The van der Waals surface area contributed by atoms with Gasteiger partial charge in [0, 0.05) is 12.8 Å². The molecule has 0 aliphatic heterocycles. The number of aryl methyl sites for hydroxylation is 1. The van der Waals surface area contributed by atoms with Gasteiger partial charge in [-0.2, -0.15) is 0 Å². The molecule has 8 heteroatoms. The Morgan fingerprint density at radius 2 is 1.93 bits per heavy atom. The zero-order valence-corrected chi connectivity index (χ0v) is 15.7. The van der Waals surface area contributed by atoms with E-state index in [1.807, 2.05) is 6.07 Å². The summed E-state index contributed by atoms with van der Waals surface area (Å²) in [6.45, 7) is -0.119. The lowest BCUT2D eigenvalue weighted by atomic mass is 10.2. The number of ether oxygens (including phenoxy) is 2. The Labute approximate surface area is 166 Å². The molecule has 150 valence electrons. The van der Waals surface area contributed by atoms with Gasteiger partial charge in [-0.15, -0.1) is 0 Å². The third kappa shape index (κ3) is 5.90. The molecule has 0 saturated carbocycles. The van der Waals surface area contributed by atoms with E-state index in [1.165, 1.54) is 0 Å².